The summed E-state index contributed by atoms with van der Waals surface area (Å²) in [5, 5.41) is 6.39. The minimum atomic E-state index is 0.518. The summed E-state index contributed by atoms with van der Waals surface area (Å²) < 4.78 is 0. The first-order valence-electron chi connectivity index (χ1n) is 8.57. The van der Waals surface area contributed by atoms with Gasteiger partial charge < -0.3 is 5.32 Å². The zero-order chi connectivity index (χ0) is 15.9. The molecule has 0 radical (unpaired) electrons. The summed E-state index contributed by atoms with van der Waals surface area (Å²) in [6.45, 7) is 3.34. The summed E-state index contributed by atoms with van der Waals surface area (Å²) in [5.41, 5.74) is 2.86. The molecule has 0 amide bonds. The molecule has 1 atom stereocenters. The van der Waals surface area contributed by atoms with Crippen molar-refractivity contribution in [3.8, 4) is 0 Å². The summed E-state index contributed by atoms with van der Waals surface area (Å²) in [4.78, 5) is 0. The van der Waals surface area contributed by atoms with Gasteiger partial charge in [0.2, 0.25) is 0 Å². The van der Waals surface area contributed by atoms with E-state index in [0.29, 0.717) is 6.04 Å². The first kappa shape index (κ1) is 15.8. The molecule has 0 spiro atoms. The summed E-state index contributed by atoms with van der Waals surface area (Å²) >= 11 is 0. The molecule has 0 fully saturated rings. The van der Waals surface area contributed by atoms with Crippen LogP contribution in [-0.2, 0) is 12.8 Å². The smallest absolute Gasteiger partial charge is 0.00791 e. The largest absolute Gasteiger partial charge is 0.314 e. The molecular formula is C22H25N. The zero-order valence-corrected chi connectivity index (χ0v) is 13.8. The van der Waals surface area contributed by atoms with Crippen molar-refractivity contribution < 1.29 is 0 Å². The Morgan fingerprint density at radius 3 is 2.43 bits per heavy atom. The predicted molar refractivity (Wildman–Crippen MR) is 99.9 cm³/mol. The zero-order valence-electron chi connectivity index (χ0n) is 13.8. The molecule has 0 saturated heterocycles. The van der Waals surface area contributed by atoms with Crippen molar-refractivity contribution in [3.63, 3.8) is 0 Å². The average molecular weight is 303 g/mol. The van der Waals surface area contributed by atoms with Gasteiger partial charge in [0, 0.05) is 6.04 Å². The summed E-state index contributed by atoms with van der Waals surface area (Å²) in [6, 6.07) is 26.5. The summed E-state index contributed by atoms with van der Waals surface area (Å²) in [6.07, 6.45) is 3.40. The Balaban J connectivity index is 1.48. The molecule has 0 bridgehead atoms. The first-order valence-corrected chi connectivity index (χ1v) is 8.57. The van der Waals surface area contributed by atoms with Gasteiger partial charge in [0.1, 0.15) is 0 Å². The quantitative estimate of drug-likeness (QED) is 0.606. The van der Waals surface area contributed by atoms with Crippen LogP contribution < -0.4 is 5.32 Å². The van der Waals surface area contributed by atoms with Crippen molar-refractivity contribution in [3.05, 3.63) is 83.9 Å². The fourth-order valence-electron chi connectivity index (χ4n) is 3.18. The molecule has 0 aliphatic carbocycles. The minimum Gasteiger partial charge on any atom is -0.314 e. The van der Waals surface area contributed by atoms with Crippen LogP contribution in [0.1, 0.15) is 24.5 Å². The van der Waals surface area contributed by atoms with Gasteiger partial charge in [0.25, 0.3) is 0 Å². The number of benzene rings is 3. The van der Waals surface area contributed by atoms with Crippen LogP contribution in [0.5, 0.6) is 0 Å². The second kappa shape index (κ2) is 7.94. The third-order valence-electron chi connectivity index (χ3n) is 4.38. The van der Waals surface area contributed by atoms with E-state index in [2.05, 4.69) is 85.0 Å². The number of aryl methyl sites for hydroxylation is 1. The van der Waals surface area contributed by atoms with E-state index in [1.54, 1.807) is 0 Å². The fourth-order valence-corrected chi connectivity index (χ4v) is 3.18. The molecule has 23 heavy (non-hydrogen) atoms. The van der Waals surface area contributed by atoms with Crippen molar-refractivity contribution in [1.82, 2.24) is 5.32 Å². The second-order valence-electron chi connectivity index (χ2n) is 6.29. The van der Waals surface area contributed by atoms with Gasteiger partial charge in [-0.05, 0) is 54.6 Å². The van der Waals surface area contributed by atoms with Gasteiger partial charge in [-0.3, -0.25) is 0 Å². The second-order valence-corrected chi connectivity index (χ2v) is 6.29. The molecule has 0 aliphatic heterocycles. The molecule has 3 aromatic rings. The molecule has 0 heterocycles. The highest BCUT2D eigenvalue weighted by Crippen LogP contribution is 2.19. The molecule has 1 unspecified atom stereocenters. The normalized spacial score (nSPS) is 12.4. The van der Waals surface area contributed by atoms with Gasteiger partial charge in [-0.2, -0.15) is 0 Å². The SMILES string of the molecule is CC(Cc1ccccc1)NCCCc1cccc2ccccc12. The van der Waals surface area contributed by atoms with Crippen molar-refractivity contribution >= 4 is 10.8 Å². The maximum absolute atomic E-state index is 3.65. The Hall–Kier alpha value is -2.12. The molecule has 0 saturated carbocycles. The molecule has 3 rings (SSSR count). The van der Waals surface area contributed by atoms with Crippen LogP contribution in [0.15, 0.2) is 72.8 Å². The van der Waals surface area contributed by atoms with Crippen molar-refractivity contribution in [2.24, 2.45) is 0 Å². The lowest BCUT2D eigenvalue weighted by molar-refractivity contribution is 0.534. The van der Waals surface area contributed by atoms with Gasteiger partial charge in [-0.25, -0.2) is 0 Å². The number of nitrogens with one attached hydrogen (secondary N) is 1. The number of hydrogen-bond acceptors (Lipinski definition) is 1. The maximum Gasteiger partial charge on any atom is 0.00791 e. The molecular weight excluding hydrogens is 278 g/mol. The van der Waals surface area contributed by atoms with Crippen molar-refractivity contribution in [1.29, 1.82) is 0 Å². The van der Waals surface area contributed by atoms with E-state index in [1.165, 1.54) is 28.3 Å². The molecule has 1 N–H and O–H groups in total. The minimum absolute atomic E-state index is 0.518. The summed E-state index contributed by atoms with van der Waals surface area (Å²) in [5.74, 6) is 0. The third kappa shape index (κ3) is 4.43. The lowest BCUT2D eigenvalue weighted by Crippen LogP contribution is -2.29. The number of rotatable bonds is 7. The Labute approximate surface area is 139 Å². The van der Waals surface area contributed by atoms with Crippen molar-refractivity contribution in [2.75, 3.05) is 6.54 Å². The van der Waals surface area contributed by atoms with Gasteiger partial charge >= 0.3 is 0 Å². The number of fused-ring (bicyclic) bond motifs is 1. The van der Waals surface area contributed by atoms with E-state index in [1.807, 2.05) is 0 Å². The monoisotopic (exact) mass is 303 g/mol. The summed E-state index contributed by atoms with van der Waals surface area (Å²) in [7, 11) is 0. The van der Waals surface area contributed by atoms with Crippen molar-refractivity contribution in [2.45, 2.75) is 32.2 Å². The fraction of sp³-hybridized carbons (Fsp3) is 0.273. The molecule has 0 aliphatic rings. The average Bonchev–Trinajstić information content (AvgIpc) is 2.60. The Bertz CT molecular complexity index is 728. The van der Waals surface area contributed by atoms with E-state index < -0.39 is 0 Å². The maximum atomic E-state index is 3.65. The predicted octanol–water partition coefficient (Wildman–Crippen LogP) is 4.99. The van der Waals surface area contributed by atoms with Gasteiger partial charge in [-0.1, -0.05) is 72.8 Å². The van der Waals surface area contributed by atoms with Gasteiger partial charge in [-0.15, -0.1) is 0 Å². The Morgan fingerprint density at radius 1 is 0.826 bits per heavy atom. The third-order valence-corrected chi connectivity index (χ3v) is 4.38. The van der Waals surface area contributed by atoms with Crippen LogP contribution in [0.2, 0.25) is 0 Å². The Kier molecular flexibility index (Phi) is 5.44. The molecule has 3 aromatic carbocycles. The number of hydrogen-bond donors (Lipinski definition) is 1. The van der Waals surface area contributed by atoms with Crippen LogP contribution in [0.3, 0.4) is 0 Å². The standard InChI is InChI=1S/C22H25N/c1-18(17-19-9-3-2-4-10-19)23-16-8-14-21-13-7-12-20-11-5-6-15-22(20)21/h2-7,9-13,15,18,23H,8,14,16-17H2,1H3. The van der Waals surface area contributed by atoms with E-state index in [0.717, 1.165) is 19.4 Å². The van der Waals surface area contributed by atoms with E-state index in [4.69, 9.17) is 0 Å². The van der Waals surface area contributed by atoms with Gasteiger partial charge in [0.15, 0.2) is 0 Å². The van der Waals surface area contributed by atoms with Crippen LogP contribution in [0.25, 0.3) is 10.8 Å². The van der Waals surface area contributed by atoms with Crippen LogP contribution in [-0.4, -0.2) is 12.6 Å². The molecule has 118 valence electrons. The van der Waals surface area contributed by atoms with Gasteiger partial charge in [0.05, 0.1) is 0 Å². The lowest BCUT2D eigenvalue weighted by Gasteiger charge is -2.14. The van der Waals surface area contributed by atoms with E-state index in [-0.39, 0.29) is 0 Å². The molecule has 1 heteroatoms. The molecule has 0 aromatic heterocycles. The highest BCUT2D eigenvalue weighted by atomic mass is 14.9. The highest BCUT2D eigenvalue weighted by molar-refractivity contribution is 5.85. The van der Waals surface area contributed by atoms with E-state index in [9.17, 15) is 0 Å². The highest BCUT2D eigenvalue weighted by Gasteiger charge is 2.03. The molecule has 1 nitrogen and oxygen atoms in total. The van der Waals surface area contributed by atoms with E-state index >= 15 is 0 Å². The van der Waals surface area contributed by atoms with Crippen LogP contribution >= 0.6 is 0 Å². The van der Waals surface area contributed by atoms with Crippen LogP contribution in [0.4, 0.5) is 0 Å². The first-order chi connectivity index (χ1) is 11.3. The Morgan fingerprint density at radius 2 is 1.57 bits per heavy atom. The lowest BCUT2D eigenvalue weighted by atomic mass is 10.0. The topological polar surface area (TPSA) is 12.0 Å². The van der Waals surface area contributed by atoms with Crippen LogP contribution in [0, 0.1) is 0 Å².